The molecule has 0 aliphatic heterocycles. The van der Waals surface area contributed by atoms with Crippen molar-refractivity contribution in [2.45, 2.75) is 44.8 Å². The van der Waals surface area contributed by atoms with Crippen molar-refractivity contribution in [3.63, 3.8) is 0 Å². The summed E-state index contributed by atoms with van der Waals surface area (Å²) in [6, 6.07) is 5.68. The lowest BCUT2D eigenvalue weighted by Crippen LogP contribution is -2.36. The molecule has 2 N–H and O–H groups in total. The largest absolute Gasteiger partial charge is 0.416 e. The van der Waals surface area contributed by atoms with Gasteiger partial charge in [0.1, 0.15) is 0 Å². The maximum atomic E-state index is 13.0. The molecule has 0 spiro atoms. The van der Waals surface area contributed by atoms with Crippen LogP contribution in [0.25, 0.3) is 0 Å². The fourth-order valence-electron chi connectivity index (χ4n) is 2.99. The van der Waals surface area contributed by atoms with Gasteiger partial charge in [-0.1, -0.05) is 32.0 Å². The lowest BCUT2D eigenvalue weighted by atomic mass is 9.82. The molecule has 1 aliphatic carbocycles. The highest BCUT2D eigenvalue weighted by Crippen LogP contribution is 2.49. The van der Waals surface area contributed by atoms with Gasteiger partial charge in [0.2, 0.25) is 0 Å². The van der Waals surface area contributed by atoms with E-state index in [0.717, 1.165) is 12.5 Å². The Labute approximate surface area is 105 Å². The van der Waals surface area contributed by atoms with E-state index in [1.165, 1.54) is 12.1 Å². The van der Waals surface area contributed by atoms with Crippen LogP contribution < -0.4 is 5.73 Å². The Morgan fingerprint density at radius 1 is 1.11 bits per heavy atom. The summed E-state index contributed by atoms with van der Waals surface area (Å²) in [7, 11) is 0. The van der Waals surface area contributed by atoms with Crippen LogP contribution in [0.4, 0.5) is 13.2 Å². The molecule has 1 aliphatic rings. The number of benzene rings is 1. The molecule has 100 valence electrons. The first-order valence-corrected chi connectivity index (χ1v) is 6.10. The lowest BCUT2D eigenvalue weighted by molar-refractivity contribution is -0.138. The van der Waals surface area contributed by atoms with E-state index in [1.54, 1.807) is 6.07 Å². The average Bonchev–Trinajstić information content (AvgIpc) is 2.53. The molecule has 1 fully saturated rings. The van der Waals surface area contributed by atoms with Gasteiger partial charge in [-0.2, -0.15) is 13.2 Å². The van der Waals surface area contributed by atoms with Crippen LogP contribution in [0, 0.1) is 5.41 Å². The second-order valence-corrected chi connectivity index (χ2v) is 6.04. The van der Waals surface area contributed by atoms with E-state index in [9.17, 15) is 13.2 Å². The molecule has 0 aromatic heterocycles. The standard InChI is InChI=1S/C14H18F3N/c1-12(2)7-8-13(18,9-12)10-5-3-4-6-11(10)14(15,16)17/h3-6H,7-9,18H2,1-2H3. The van der Waals surface area contributed by atoms with Gasteiger partial charge in [0, 0.05) is 5.54 Å². The minimum Gasteiger partial charge on any atom is -0.321 e. The van der Waals surface area contributed by atoms with Gasteiger partial charge in [0.15, 0.2) is 0 Å². The number of hydrogen-bond donors (Lipinski definition) is 1. The molecule has 18 heavy (non-hydrogen) atoms. The Kier molecular flexibility index (Phi) is 2.97. The average molecular weight is 257 g/mol. The number of hydrogen-bond acceptors (Lipinski definition) is 1. The predicted octanol–water partition coefficient (Wildman–Crippen LogP) is 4.07. The molecule has 0 saturated heterocycles. The Bertz CT molecular complexity index is 451. The fraction of sp³-hybridized carbons (Fsp3) is 0.571. The predicted molar refractivity (Wildman–Crippen MR) is 64.9 cm³/mol. The van der Waals surface area contributed by atoms with E-state index < -0.39 is 17.3 Å². The molecular formula is C14H18F3N. The molecule has 4 heteroatoms. The first kappa shape index (κ1) is 13.4. The van der Waals surface area contributed by atoms with Crippen molar-refractivity contribution in [2.24, 2.45) is 11.1 Å². The molecule has 1 unspecified atom stereocenters. The van der Waals surface area contributed by atoms with Crippen molar-refractivity contribution in [3.8, 4) is 0 Å². The second-order valence-electron chi connectivity index (χ2n) is 6.04. The minimum absolute atomic E-state index is 0.00740. The molecule has 0 heterocycles. The van der Waals surface area contributed by atoms with Crippen LogP contribution in [0.2, 0.25) is 0 Å². The van der Waals surface area contributed by atoms with Gasteiger partial charge in [-0.15, -0.1) is 0 Å². The van der Waals surface area contributed by atoms with Crippen molar-refractivity contribution < 1.29 is 13.2 Å². The lowest BCUT2D eigenvalue weighted by Gasteiger charge is -2.29. The molecule has 0 amide bonds. The highest BCUT2D eigenvalue weighted by atomic mass is 19.4. The van der Waals surface area contributed by atoms with Crippen molar-refractivity contribution in [3.05, 3.63) is 35.4 Å². The smallest absolute Gasteiger partial charge is 0.321 e. The SMILES string of the molecule is CC1(C)CCC(N)(c2ccccc2C(F)(F)F)C1. The van der Waals surface area contributed by atoms with Gasteiger partial charge in [0.25, 0.3) is 0 Å². The normalized spacial score (nSPS) is 27.4. The summed E-state index contributed by atoms with van der Waals surface area (Å²) in [6.45, 7) is 4.11. The van der Waals surface area contributed by atoms with Crippen LogP contribution in [0.5, 0.6) is 0 Å². The van der Waals surface area contributed by atoms with Gasteiger partial charge < -0.3 is 5.73 Å². The molecule has 1 atom stereocenters. The van der Waals surface area contributed by atoms with E-state index in [4.69, 9.17) is 5.73 Å². The zero-order valence-electron chi connectivity index (χ0n) is 10.6. The van der Waals surface area contributed by atoms with Crippen LogP contribution >= 0.6 is 0 Å². The Balaban J connectivity index is 2.46. The zero-order valence-corrected chi connectivity index (χ0v) is 10.6. The first-order chi connectivity index (χ1) is 8.14. The van der Waals surface area contributed by atoms with E-state index >= 15 is 0 Å². The van der Waals surface area contributed by atoms with Crippen LogP contribution in [0.1, 0.15) is 44.2 Å². The quantitative estimate of drug-likeness (QED) is 0.806. The maximum absolute atomic E-state index is 13.0. The zero-order chi connectivity index (χ0) is 13.6. The number of rotatable bonds is 1. The van der Waals surface area contributed by atoms with Gasteiger partial charge in [-0.25, -0.2) is 0 Å². The van der Waals surface area contributed by atoms with Crippen LogP contribution in [0.3, 0.4) is 0 Å². The van der Waals surface area contributed by atoms with E-state index in [0.29, 0.717) is 12.8 Å². The van der Waals surface area contributed by atoms with Crippen LogP contribution in [-0.2, 0) is 11.7 Å². The van der Waals surface area contributed by atoms with E-state index in [-0.39, 0.29) is 11.0 Å². The summed E-state index contributed by atoms with van der Waals surface area (Å²) in [5, 5.41) is 0. The molecule has 1 nitrogen and oxygen atoms in total. The monoisotopic (exact) mass is 257 g/mol. The molecule has 0 bridgehead atoms. The number of halogens is 3. The molecular weight excluding hydrogens is 239 g/mol. The van der Waals surface area contributed by atoms with Gasteiger partial charge >= 0.3 is 6.18 Å². The molecule has 1 saturated carbocycles. The molecule has 1 aromatic rings. The van der Waals surface area contributed by atoms with Crippen molar-refractivity contribution in [2.75, 3.05) is 0 Å². The summed E-state index contributed by atoms with van der Waals surface area (Å²) in [5.74, 6) is 0. The highest BCUT2D eigenvalue weighted by Gasteiger charge is 2.45. The Morgan fingerprint density at radius 2 is 1.72 bits per heavy atom. The highest BCUT2D eigenvalue weighted by molar-refractivity contribution is 5.36. The van der Waals surface area contributed by atoms with Crippen LogP contribution in [0.15, 0.2) is 24.3 Å². The van der Waals surface area contributed by atoms with Crippen LogP contribution in [-0.4, -0.2) is 0 Å². The summed E-state index contributed by atoms with van der Waals surface area (Å²) in [4.78, 5) is 0. The van der Waals surface area contributed by atoms with Gasteiger partial charge in [0.05, 0.1) is 5.56 Å². The van der Waals surface area contributed by atoms with Crippen molar-refractivity contribution in [1.82, 2.24) is 0 Å². The van der Waals surface area contributed by atoms with Crippen molar-refractivity contribution in [1.29, 1.82) is 0 Å². The Hall–Kier alpha value is -1.03. The third-order valence-corrected chi connectivity index (χ3v) is 3.81. The van der Waals surface area contributed by atoms with Gasteiger partial charge in [-0.3, -0.25) is 0 Å². The maximum Gasteiger partial charge on any atom is 0.416 e. The van der Waals surface area contributed by atoms with E-state index in [2.05, 4.69) is 13.8 Å². The van der Waals surface area contributed by atoms with Crippen molar-refractivity contribution >= 4 is 0 Å². The molecule has 1 aromatic carbocycles. The number of nitrogens with two attached hydrogens (primary N) is 1. The second kappa shape index (κ2) is 3.98. The first-order valence-electron chi connectivity index (χ1n) is 6.10. The van der Waals surface area contributed by atoms with Gasteiger partial charge in [-0.05, 0) is 36.3 Å². The Morgan fingerprint density at radius 3 is 2.22 bits per heavy atom. The summed E-state index contributed by atoms with van der Waals surface area (Å²) in [5.41, 5.74) is 5.06. The third kappa shape index (κ3) is 2.39. The topological polar surface area (TPSA) is 26.0 Å². The summed E-state index contributed by atoms with van der Waals surface area (Å²) < 4.78 is 39.0. The van der Waals surface area contributed by atoms with E-state index in [1.807, 2.05) is 0 Å². The fourth-order valence-corrected chi connectivity index (χ4v) is 2.99. The summed E-state index contributed by atoms with van der Waals surface area (Å²) in [6.07, 6.45) is -2.29. The minimum atomic E-state index is -4.34. The number of alkyl halides is 3. The third-order valence-electron chi connectivity index (χ3n) is 3.81. The molecule has 2 rings (SSSR count). The summed E-state index contributed by atoms with van der Waals surface area (Å²) >= 11 is 0. The molecule has 0 radical (unpaired) electrons.